The van der Waals surface area contributed by atoms with Crippen LogP contribution in [0, 0.1) is 10.1 Å². The number of rotatable bonds is 6. The van der Waals surface area contributed by atoms with Crippen LogP contribution in [-0.4, -0.2) is 11.5 Å². The predicted octanol–water partition coefficient (Wildman–Crippen LogP) is 4.88. The van der Waals surface area contributed by atoms with Crippen molar-refractivity contribution in [2.24, 2.45) is 0 Å². The average Bonchev–Trinajstić information content (AvgIpc) is 2.87. The summed E-state index contributed by atoms with van der Waals surface area (Å²) >= 11 is 7.35. The lowest BCUT2D eigenvalue weighted by molar-refractivity contribution is -0.384. The number of hydrogen-bond acceptors (Lipinski definition) is 5. The number of ether oxygens (including phenoxy) is 1. The molecule has 0 aliphatic rings. The fraction of sp³-hybridized carbons (Fsp3) is 0.286. The molecule has 2 aromatic rings. The zero-order valence-corrected chi connectivity index (χ0v) is 13.2. The van der Waals surface area contributed by atoms with E-state index in [0.717, 1.165) is 5.56 Å². The topological polar surface area (TPSA) is 64.4 Å². The first-order valence-electron chi connectivity index (χ1n) is 6.43. The Hall–Kier alpha value is -1.79. The highest BCUT2D eigenvalue weighted by Crippen LogP contribution is 2.33. The third-order valence-corrected chi connectivity index (χ3v) is 4.05. The second-order valence-corrected chi connectivity index (χ2v) is 5.96. The van der Waals surface area contributed by atoms with Crippen LogP contribution >= 0.6 is 22.9 Å². The van der Waals surface area contributed by atoms with Crippen LogP contribution in [0.25, 0.3) is 0 Å². The molecule has 112 valence electrons. The monoisotopic (exact) mass is 326 g/mol. The highest BCUT2D eigenvalue weighted by Gasteiger charge is 2.18. The molecule has 0 aliphatic heterocycles. The number of nitro benzene ring substituents is 1. The van der Waals surface area contributed by atoms with E-state index in [4.69, 9.17) is 16.3 Å². The number of halogens is 1. The second-order valence-electron chi connectivity index (χ2n) is 4.42. The lowest BCUT2D eigenvalue weighted by Gasteiger charge is -2.14. The smallest absolute Gasteiger partial charge is 0.296 e. The number of nitro groups is 1. The van der Waals surface area contributed by atoms with E-state index in [2.05, 4.69) is 5.32 Å². The van der Waals surface area contributed by atoms with Crippen molar-refractivity contribution in [3.63, 3.8) is 0 Å². The van der Waals surface area contributed by atoms with Crippen molar-refractivity contribution in [1.82, 2.24) is 0 Å². The van der Waals surface area contributed by atoms with Crippen molar-refractivity contribution in [1.29, 1.82) is 0 Å². The summed E-state index contributed by atoms with van der Waals surface area (Å²) in [5, 5.41) is 16.3. The summed E-state index contributed by atoms with van der Waals surface area (Å²) < 4.78 is 5.99. The van der Waals surface area contributed by atoms with E-state index in [0.29, 0.717) is 22.4 Å². The van der Waals surface area contributed by atoms with Crippen molar-refractivity contribution in [3.8, 4) is 5.75 Å². The van der Waals surface area contributed by atoms with E-state index < -0.39 is 4.92 Å². The van der Waals surface area contributed by atoms with Gasteiger partial charge in [0.1, 0.15) is 11.4 Å². The van der Waals surface area contributed by atoms with E-state index in [1.807, 2.05) is 25.3 Å². The number of hydrogen-bond donors (Lipinski definition) is 1. The summed E-state index contributed by atoms with van der Waals surface area (Å²) in [6.45, 7) is 4.23. The number of nitrogens with zero attached hydrogens (tertiary/aromatic N) is 1. The molecule has 1 aromatic carbocycles. The molecule has 0 fully saturated rings. The molecule has 0 saturated carbocycles. The van der Waals surface area contributed by atoms with Gasteiger partial charge in [-0.1, -0.05) is 11.6 Å². The highest BCUT2D eigenvalue weighted by molar-refractivity contribution is 7.14. The minimum atomic E-state index is -0.418. The van der Waals surface area contributed by atoms with Gasteiger partial charge in [-0.05, 0) is 43.0 Å². The van der Waals surface area contributed by atoms with E-state index in [9.17, 15) is 10.1 Å². The minimum absolute atomic E-state index is 0.00544. The molecule has 1 atom stereocenters. The normalized spacial score (nSPS) is 12.0. The van der Waals surface area contributed by atoms with E-state index in [1.54, 1.807) is 12.1 Å². The lowest BCUT2D eigenvalue weighted by Crippen LogP contribution is -2.07. The largest absolute Gasteiger partial charge is 0.494 e. The lowest BCUT2D eigenvalue weighted by atomic mass is 10.1. The van der Waals surface area contributed by atoms with E-state index in [1.165, 1.54) is 17.4 Å². The van der Waals surface area contributed by atoms with Crippen LogP contribution < -0.4 is 10.1 Å². The number of anilines is 1. The van der Waals surface area contributed by atoms with Crippen molar-refractivity contribution >= 4 is 34.3 Å². The maximum absolute atomic E-state index is 11.2. The SMILES string of the molecule is CCOc1ccc(NC(C)c2csc(Cl)c2)c([N+](=O)[O-])c1. The van der Waals surface area contributed by atoms with Crippen LogP contribution in [0.2, 0.25) is 4.34 Å². The van der Waals surface area contributed by atoms with Gasteiger partial charge < -0.3 is 10.1 Å². The minimum Gasteiger partial charge on any atom is -0.494 e. The molecule has 5 nitrogen and oxygen atoms in total. The fourth-order valence-electron chi connectivity index (χ4n) is 1.91. The maximum Gasteiger partial charge on any atom is 0.296 e. The molecule has 1 heterocycles. The Kier molecular flexibility index (Phi) is 5.03. The standard InChI is InChI=1S/C14H15ClN2O3S/c1-3-20-11-4-5-12(13(7-11)17(18)19)16-9(2)10-6-14(15)21-8-10/h4-9,16H,3H2,1-2H3. The molecule has 0 aliphatic carbocycles. The molecule has 1 aromatic heterocycles. The van der Waals surface area contributed by atoms with Gasteiger partial charge in [0.05, 0.1) is 21.9 Å². The van der Waals surface area contributed by atoms with Gasteiger partial charge in [-0.15, -0.1) is 11.3 Å². The van der Waals surface area contributed by atoms with Crippen LogP contribution in [0.15, 0.2) is 29.6 Å². The van der Waals surface area contributed by atoms with Gasteiger partial charge in [-0.3, -0.25) is 10.1 Å². The summed E-state index contributed by atoms with van der Waals surface area (Å²) in [4.78, 5) is 10.8. The number of nitrogens with one attached hydrogen (secondary N) is 1. The molecule has 0 amide bonds. The van der Waals surface area contributed by atoms with Crippen molar-refractivity contribution in [2.75, 3.05) is 11.9 Å². The zero-order chi connectivity index (χ0) is 15.4. The van der Waals surface area contributed by atoms with Crippen LogP contribution in [0.5, 0.6) is 5.75 Å². The van der Waals surface area contributed by atoms with E-state index >= 15 is 0 Å². The average molecular weight is 327 g/mol. The number of thiophene rings is 1. The Bertz CT molecular complexity index is 645. The van der Waals surface area contributed by atoms with Gasteiger partial charge in [0.15, 0.2) is 0 Å². The van der Waals surface area contributed by atoms with Crippen molar-refractivity contribution in [3.05, 3.63) is 49.7 Å². The summed E-state index contributed by atoms with van der Waals surface area (Å²) in [7, 11) is 0. The van der Waals surface area contributed by atoms with Gasteiger partial charge in [-0.25, -0.2) is 0 Å². The first-order valence-corrected chi connectivity index (χ1v) is 7.68. The van der Waals surface area contributed by atoms with E-state index in [-0.39, 0.29) is 11.7 Å². The van der Waals surface area contributed by atoms with Crippen molar-refractivity contribution < 1.29 is 9.66 Å². The van der Waals surface area contributed by atoms with Gasteiger partial charge in [0.2, 0.25) is 0 Å². The van der Waals surface area contributed by atoms with Crippen LogP contribution in [0.3, 0.4) is 0 Å². The van der Waals surface area contributed by atoms with Crippen LogP contribution in [0.4, 0.5) is 11.4 Å². The summed E-state index contributed by atoms with van der Waals surface area (Å²) in [5.41, 5.74) is 1.44. The second kappa shape index (κ2) is 6.78. The van der Waals surface area contributed by atoms with Gasteiger partial charge >= 0.3 is 0 Å². The molecular formula is C14H15ClN2O3S. The Labute approximate surface area is 131 Å². The molecule has 1 N–H and O–H groups in total. The molecule has 21 heavy (non-hydrogen) atoms. The molecular weight excluding hydrogens is 312 g/mol. The first kappa shape index (κ1) is 15.6. The fourth-order valence-corrected chi connectivity index (χ4v) is 2.89. The quantitative estimate of drug-likeness (QED) is 0.607. The zero-order valence-electron chi connectivity index (χ0n) is 11.6. The summed E-state index contributed by atoms with van der Waals surface area (Å²) in [6.07, 6.45) is 0. The predicted molar refractivity (Wildman–Crippen MR) is 85.6 cm³/mol. The van der Waals surface area contributed by atoms with Crippen LogP contribution in [0.1, 0.15) is 25.5 Å². The summed E-state index contributed by atoms with van der Waals surface area (Å²) in [6, 6.07) is 6.58. The Morgan fingerprint density at radius 2 is 2.24 bits per heavy atom. The first-order chi connectivity index (χ1) is 10.0. The van der Waals surface area contributed by atoms with Gasteiger partial charge in [0, 0.05) is 6.04 Å². The molecule has 2 rings (SSSR count). The number of benzene rings is 1. The third kappa shape index (κ3) is 3.86. The van der Waals surface area contributed by atoms with Crippen LogP contribution in [-0.2, 0) is 0 Å². The molecule has 0 radical (unpaired) electrons. The Balaban J connectivity index is 2.24. The summed E-state index contributed by atoms with van der Waals surface area (Å²) in [5.74, 6) is 0.487. The molecule has 0 bridgehead atoms. The molecule has 0 saturated heterocycles. The third-order valence-electron chi connectivity index (χ3n) is 2.94. The molecule has 1 unspecified atom stereocenters. The van der Waals surface area contributed by atoms with Crippen molar-refractivity contribution in [2.45, 2.75) is 19.9 Å². The maximum atomic E-state index is 11.2. The van der Waals surface area contributed by atoms with Gasteiger partial charge in [0.25, 0.3) is 5.69 Å². The Morgan fingerprint density at radius 3 is 2.81 bits per heavy atom. The molecule has 0 spiro atoms. The highest BCUT2D eigenvalue weighted by atomic mass is 35.5. The Morgan fingerprint density at radius 1 is 1.48 bits per heavy atom. The molecule has 7 heteroatoms. The van der Waals surface area contributed by atoms with Gasteiger partial charge in [-0.2, -0.15) is 0 Å².